The summed E-state index contributed by atoms with van der Waals surface area (Å²) >= 11 is 14.0. The van der Waals surface area contributed by atoms with Crippen LogP contribution in [0, 0.1) is 36.0 Å². The number of aryl methyl sites for hydroxylation is 2. The van der Waals surface area contributed by atoms with Crippen LogP contribution in [0.1, 0.15) is 36.8 Å². The first kappa shape index (κ1) is 34.8. The van der Waals surface area contributed by atoms with Crippen molar-refractivity contribution >= 4 is 79.8 Å². The highest BCUT2D eigenvalue weighted by molar-refractivity contribution is 7.22. The minimum Gasteiger partial charge on any atom is -0.508 e. The molecule has 1 saturated carbocycles. The summed E-state index contributed by atoms with van der Waals surface area (Å²) < 4.78 is 7.97. The van der Waals surface area contributed by atoms with E-state index in [4.69, 9.17) is 33.0 Å². The van der Waals surface area contributed by atoms with Crippen LogP contribution >= 0.6 is 34.5 Å². The molecule has 4 amide bonds. The van der Waals surface area contributed by atoms with Crippen molar-refractivity contribution in [3.63, 3.8) is 0 Å². The number of hydrogen-bond donors (Lipinski definition) is 1. The van der Waals surface area contributed by atoms with E-state index < -0.39 is 46.8 Å². The number of methoxy groups -OCH3 is 1. The Labute approximate surface area is 324 Å². The van der Waals surface area contributed by atoms with Crippen molar-refractivity contribution in [1.82, 2.24) is 9.78 Å². The van der Waals surface area contributed by atoms with Gasteiger partial charge in [0.05, 0.1) is 40.8 Å². The summed E-state index contributed by atoms with van der Waals surface area (Å²) in [6.45, 7) is 3.78. The Morgan fingerprint density at radius 1 is 0.907 bits per heavy atom. The number of hydrogen-bond acceptors (Lipinski definition) is 8. The van der Waals surface area contributed by atoms with Gasteiger partial charge in [-0.2, -0.15) is 5.10 Å². The third-order valence-electron chi connectivity index (χ3n) is 12.1. The first-order chi connectivity index (χ1) is 25.8. The average molecular weight is 782 g/mol. The fraction of sp³-hybridized carbons (Fsp3) is 0.293. The van der Waals surface area contributed by atoms with Gasteiger partial charge in [-0.05, 0) is 92.1 Å². The van der Waals surface area contributed by atoms with Crippen molar-refractivity contribution in [2.24, 2.45) is 36.1 Å². The molecule has 6 unspecified atom stereocenters. The summed E-state index contributed by atoms with van der Waals surface area (Å²) in [4.78, 5) is 61.6. The lowest BCUT2D eigenvalue weighted by Crippen LogP contribution is -2.49. The lowest BCUT2D eigenvalue weighted by molar-refractivity contribution is -0.131. The van der Waals surface area contributed by atoms with Crippen LogP contribution in [0.15, 0.2) is 78.4 Å². The van der Waals surface area contributed by atoms with E-state index in [1.165, 1.54) is 23.0 Å². The topological polar surface area (TPSA) is 122 Å². The largest absolute Gasteiger partial charge is 0.508 e. The summed E-state index contributed by atoms with van der Waals surface area (Å²) in [6, 6.07) is 19.0. The number of benzene rings is 3. The first-order valence-corrected chi connectivity index (χ1v) is 19.2. The number of thiophene rings is 1. The van der Waals surface area contributed by atoms with Gasteiger partial charge in [-0.3, -0.25) is 28.8 Å². The second-order valence-corrected chi connectivity index (χ2v) is 16.7. The second-order valence-electron chi connectivity index (χ2n) is 14.8. The van der Waals surface area contributed by atoms with Crippen LogP contribution in [0.5, 0.6) is 11.5 Å². The normalized spacial score (nSPS) is 26.3. The van der Waals surface area contributed by atoms with Gasteiger partial charge in [-0.15, -0.1) is 11.3 Å². The van der Waals surface area contributed by atoms with Gasteiger partial charge in [0.1, 0.15) is 23.0 Å². The third-order valence-corrected chi connectivity index (χ3v) is 13.9. The van der Waals surface area contributed by atoms with E-state index in [0.29, 0.717) is 38.6 Å². The quantitative estimate of drug-likeness (QED) is 0.141. The van der Waals surface area contributed by atoms with Crippen molar-refractivity contribution in [1.29, 1.82) is 0 Å². The number of rotatable bonds is 5. The molecule has 0 bridgehead atoms. The van der Waals surface area contributed by atoms with Gasteiger partial charge >= 0.3 is 0 Å². The fourth-order valence-corrected chi connectivity index (χ4v) is 11.0. The monoisotopic (exact) mass is 780 g/mol. The fourth-order valence-electron chi connectivity index (χ4n) is 9.53. The number of allylic oxidation sites excluding steroid dienone is 2. The zero-order chi connectivity index (χ0) is 38.0. The Morgan fingerprint density at radius 3 is 2.37 bits per heavy atom. The van der Waals surface area contributed by atoms with E-state index in [2.05, 4.69) is 0 Å². The molecule has 0 radical (unpaired) electrons. The number of imide groups is 2. The van der Waals surface area contributed by atoms with Crippen LogP contribution in [0.4, 0.5) is 11.5 Å². The number of phenols is 1. The standard InChI is InChI=1S/C41H34Cl2N4O6S/c1-19-27-15-21(43)7-14-32(27)54-36(19)30-18-33(45(3)44-30)47-38(50)29-17-28-24(35(41(29,2)40(47)52)25-11-10-23(53-4)16-31(25)48)12-13-26-34(28)39(51)46(37(26)49)22-8-5-20(42)6-9-22/h5-12,14-16,18,26,28-29,34-35,48H,13,17H2,1-4H3. The number of carbonyl (C=O) groups excluding carboxylic acids is 4. The van der Waals surface area contributed by atoms with Crippen LogP contribution in [0.25, 0.3) is 20.7 Å². The summed E-state index contributed by atoms with van der Waals surface area (Å²) in [6.07, 6.45) is 2.40. The second kappa shape index (κ2) is 12.3. The Hall–Kier alpha value is -4.97. The number of aromatic hydroxyl groups is 1. The molecule has 4 aliphatic rings. The minimum absolute atomic E-state index is 0.0959. The molecule has 6 atom stereocenters. The van der Waals surface area contributed by atoms with Crippen molar-refractivity contribution in [3.05, 3.63) is 99.6 Å². The maximum atomic E-state index is 15.1. The smallest absolute Gasteiger partial charge is 0.242 e. The van der Waals surface area contributed by atoms with Gasteiger partial charge in [-0.25, -0.2) is 4.90 Å². The van der Waals surface area contributed by atoms with E-state index >= 15 is 4.79 Å². The number of ether oxygens (including phenoxy) is 1. The SMILES string of the molecule is COc1ccc(C2C3=CCC4C(=O)N(c5ccc(Cl)cc5)C(=O)C4C3CC3C(=O)N(c4cc(-c5sc6ccc(Cl)cc6c5C)nn4C)C(=O)C32C)c(O)c1. The van der Waals surface area contributed by atoms with E-state index in [1.54, 1.807) is 72.5 Å². The molecule has 2 saturated heterocycles. The molecule has 3 aromatic carbocycles. The Morgan fingerprint density at radius 2 is 1.65 bits per heavy atom. The molecule has 54 heavy (non-hydrogen) atoms. The number of amides is 4. The highest BCUT2D eigenvalue weighted by Gasteiger charge is 2.68. The number of carbonyl (C=O) groups is 4. The lowest BCUT2D eigenvalue weighted by Gasteiger charge is -2.49. The number of anilines is 2. The zero-order valence-electron chi connectivity index (χ0n) is 29.7. The van der Waals surface area contributed by atoms with Crippen LogP contribution in [0.3, 0.4) is 0 Å². The number of nitrogens with zero attached hydrogens (tertiary/aromatic N) is 4. The maximum Gasteiger partial charge on any atom is 0.242 e. The number of phenolic OH excluding ortho intramolecular Hbond substituents is 1. The molecule has 5 aromatic rings. The number of aromatic nitrogens is 2. The van der Waals surface area contributed by atoms with E-state index in [-0.39, 0.29) is 30.4 Å². The van der Waals surface area contributed by atoms with Gasteiger partial charge in [0.15, 0.2) is 0 Å². The first-order valence-electron chi connectivity index (χ1n) is 17.6. The van der Waals surface area contributed by atoms with Crippen molar-refractivity contribution in [3.8, 4) is 22.1 Å². The van der Waals surface area contributed by atoms with Crippen molar-refractivity contribution < 1.29 is 29.0 Å². The van der Waals surface area contributed by atoms with Gasteiger partial charge in [-0.1, -0.05) is 40.9 Å². The minimum atomic E-state index is -1.35. The van der Waals surface area contributed by atoms with Gasteiger partial charge in [0.25, 0.3) is 0 Å². The zero-order valence-corrected chi connectivity index (χ0v) is 32.0. The highest BCUT2D eigenvalue weighted by atomic mass is 35.5. The van der Waals surface area contributed by atoms with Crippen LogP contribution < -0.4 is 14.5 Å². The van der Waals surface area contributed by atoms with Crippen molar-refractivity contribution in [2.75, 3.05) is 16.9 Å². The highest BCUT2D eigenvalue weighted by Crippen LogP contribution is 2.64. The molecule has 0 spiro atoms. The summed E-state index contributed by atoms with van der Waals surface area (Å²) in [5.41, 5.74) is 1.89. The molecule has 274 valence electrons. The third kappa shape index (κ3) is 4.80. The molecule has 4 heterocycles. The summed E-state index contributed by atoms with van der Waals surface area (Å²) in [5.74, 6) is -4.47. The summed E-state index contributed by atoms with van der Waals surface area (Å²) in [5, 5.41) is 18.4. The molecule has 2 aliphatic carbocycles. The van der Waals surface area contributed by atoms with Gasteiger partial charge in [0.2, 0.25) is 23.6 Å². The van der Waals surface area contributed by atoms with E-state index in [1.807, 2.05) is 31.2 Å². The van der Waals surface area contributed by atoms with Gasteiger partial charge < -0.3 is 9.84 Å². The average Bonchev–Trinajstić information content (AvgIpc) is 3.82. The molecule has 2 aromatic heterocycles. The Bertz CT molecular complexity index is 2510. The molecule has 10 nitrogen and oxygen atoms in total. The van der Waals surface area contributed by atoms with Crippen LogP contribution in [-0.4, -0.2) is 45.6 Å². The van der Waals surface area contributed by atoms with Crippen molar-refractivity contribution in [2.45, 2.75) is 32.6 Å². The molecular weight excluding hydrogens is 747 g/mol. The molecule has 13 heteroatoms. The van der Waals surface area contributed by atoms with E-state index in [0.717, 1.165) is 26.1 Å². The van der Waals surface area contributed by atoms with Crippen LogP contribution in [0.2, 0.25) is 10.0 Å². The lowest BCUT2D eigenvalue weighted by atomic mass is 9.51. The maximum absolute atomic E-state index is 15.1. The predicted molar refractivity (Wildman–Crippen MR) is 207 cm³/mol. The molecule has 3 fully saturated rings. The Balaban J connectivity index is 1.16. The molecule has 9 rings (SSSR count). The summed E-state index contributed by atoms with van der Waals surface area (Å²) in [7, 11) is 3.20. The predicted octanol–water partition coefficient (Wildman–Crippen LogP) is 8.07. The number of fused-ring (bicyclic) bond motifs is 5. The molecule has 2 aliphatic heterocycles. The van der Waals surface area contributed by atoms with E-state index in [9.17, 15) is 19.5 Å². The Kier molecular flexibility index (Phi) is 7.91. The van der Waals surface area contributed by atoms with Crippen LogP contribution in [-0.2, 0) is 26.2 Å². The van der Waals surface area contributed by atoms with Gasteiger partial charge in [0, 0.05) is 45.4 Å². The number of halogens is 2. The molecule has 1 N–H and O–H groups in total. The molecular formula is C41H34Cl2N4O6S.